The molecule has 1 aromatic heterocycles. The Morgan fingerprint density at radius 3 is 1.04 bits per heavy atom. The summed E-state index contributed by atoms with van der Waals surface area (Å²) in [7, 11) is 0. The number of rotatable bonds is 3. The third kappa shape index (κ3) is 6.05. The fraction of sp³-hybridized carbons (Fsp3) is 0. The van der Waals surface area contributed by atoms with E-state index < -0.39 is 0 Å². The molecular formula is C67H40N2. The van der Waals surface area contributed by atoms with Crippen LogP contribution in [0.4, 0.5) is 0 Å². The van der Waals surface area contributed by atoms with E-state index in [9.17, 15) is 5.26 Å². The van der Waals surface area contributed by atoms with Crippen molar-refractivity contribution in [3.8, 4) is 123 Å². The molecule has 69 heavy (non-hydrogen) atoms. The highest BCUT2D eigenvalue weighted by Crippen LogP contribution is 2.51. The van der Waals surface area contributed by atoms with Gasteiger partial charge >= 0.3 is 0 Å². The van der Waals surface area contributed by atoms with Crippen LogP contribution in [0.1, 0.15) is 5.56 Å². The Morgan fingerprint density at radius 2 is 0.580 bits per heavy atom. The van der Waals surface area contributed by atoms with E-state index in [1.165, 1.54) is 88.6 Å². The van der Waals surface area contributed by atoms with Crippen molar-refractivity contribution in [1.29, 1.82) is 5.26 Å². The minimum Gasteiger partial charge on any atom is -0.309 e. The zero-order valence-electron chi connectivity index (χ0n) is 37.5. The standard InChI is InChI=1S/C67H40N2/c68-41-42-28-32-59-62(36-42)53-21-6-3-17-49(53)48-16-1-2-20-52(48)56-33-29-46(39-64(56)59)44-15-13-14-43(37-44)45-30-34-57-58-35-31-47(69-66-26-11-9-24-60(66)61-25-10-12-27-67(61)69)40-65(58)55-23-8-5-19-51(55)50-18-4-7-22-54(50)63(57)38-45/h1-40H. The monoisotopic (exact) mass is 872 g/mol. The first-order valence-electron chi connectivity index (χ1n) is 23.6. The van der Waals surface area contributed by atoms with Crippen LogP contribution in [0.3, 0.4) is 0 Å². The number of fused-ring (bicyclic) bond motifs is 19. The maximum Gasteiger partial charge on any atom is 0.0991 e. The van der Waals surface area contributed by atoms with Gasteiger partial charge in [-0.25, -0.2) is 0 Å². The van der Waals surface area contributed by atoms with Crippen LogP contribution in [0.25, 0.3) is 139 Å². The Kier molecular flexibility index (Phi) is 8.68. The van der Waals surface area contributed by atoms with Gasteiger partial charge in [-0.05, 0) is 166 Å². The number of hydrogen-bond acceptors (Lipinski definition) is 1. The molecule has 0 amide bonds. The predicted molar refractivity (Wildman–Crippen MR) is 287 cm³/mol. The summed E-state index contributed by atoms with van der Waals surface area (Å²) in [5.41, 5.74) is 27.7. The smallest absolute Gasteiger partial charge is 0.0991 e. The molecule has 0 saturated heterocycles. The van der Waals surface area contributed by atoms with Gasteiger partial charge in [0.1, 0.15) is 0 Å². The minimum absolute atomic E-state index is 0.652. The summed E-state index contributed by atoms with van der Waals surface area (Å²) in [6.07, 6.45) is 0. The Hall–Kier alpha value is -9.29. The Bertz CT molecular complexity index is 4100. The van der Waals surface area contributed by atoms with Gasteiger partial charge in [-0.3, -0.25) is 0 Å². The summed E-state index contributed by atoms with van der Waals surface area (Å²) >= 11 is 0. The fourth-order valence-electron chi connectivity index (χ4n) is 11.5. The van der Waals surface area contributed by atoms with Crippen LogP contribution in [0.15, 0.2) is 243 Å². The molecule has 12 aromatic rings. The maximum atomic E-state index is 10.1. The predicted octanol–water partition coefficient (Wildman–Crippen LogP) is 18.0. The number of nitrogens with zero attached hydrogens (tertiary/aromatic N) is 2. The molecule has 0 spiro atoms. The summed E-state index contributed by atoms with van der Waals surface area (Å²) in [5, 5.41) is 12.6. The van der Waals surface area contributed by atoms with Crippen molar-refractivity contribution in [3.05, 3.63) is 248 Å². The quantitative estimate of drug-likeness (QED) is 0.174. The lowest BCUT2D eigenvalue weighted by atomic mass is 9.79. The fourth-order valence-corrected chi connectivity index (χ4v) is 11.5. The highest BCUT2D eigenvalue weighted by Gasteiger charge is 2.25. The Labute approximate surface area is 400 Å². The van der Waals surface area contributed by atoms with Gasteiger partial charge in [-0.1, -0.05) is 188 Å². The van der Waals surface area contributed by atoms with E-state index in [1.54, 1.807) is 0 Å². The highest BCUT2D eigenvalue weighted by molar-refractivity contribution is 6.10. The summed E-state index contributed by atoms with van der Waals surface area (Å²) < 4.78 is 2.42. The van der Waals surface area contributed by atoms with Crippen LogP contribution in [-0.4, -0.2) is 4.57 Å². The molecule has 0 unspecified atom stereocenters. The lowest BCUT2D eigenvalue weighted by Gasteiger charge is -2.24. The largest absolute Gasteiger partial charge is 0.309 e. The van der Waals surface area contributed by atoms with Crippen molar-refractivity contribution >= 4 is 21.8 Å². The first kappa shape index (κ1) is 38.9. The van der Waals surface area contributed by atoms with Crippen molar-refractivity contribution in [3.63, 3.8) is 0 Å². The van der Waals surface area contributed by atoms with Crippen molar-refractivity contribution < 1.29 is 0 Å². The first-order chi connectivity index (χ1) is 34.2. The van der Waals surface area contributed by atoms with Gasteiger partial charge in [-0.15, -0.1) is 0 Å². The first-order valence-corrected chi connectivity index (χ1v) is 23.6. The SMILES string of the molecule is N#Cc1ccc2c(c1)-c1ccccc1-c1ccccc1-c1ccc(-c3cccc(-c4ccc5c(c4)-c4ccccc4-c4ccccc4-c4cc(-n6c7ccccc7c7ccccc76)ccc4-5)c3)cc1-2. The highest BCUT2D eigenvalue weighted by atomic mass is 15.0. The molecule has 0 aliphatic heterocycles. The molecule has 0 saturated carbocycles. The van der Waals surface area contributed by atoms with Crippen LogP contribution in [0.2, 0.25) is 0 Å². The number of nitriles is 1. The molecule has 2 nitrogen and oxygen atoms in total. The topological polar surface area (TPSA) is 28.7 Å². The van der Waals surface area contributed by atoms with E-state index in [1.807, 2.05) is 6.07 Å². The van der Waals surface area contributed by atoms with E-state index >= 15 is 0 Å². The Morgan fingerprint density at radius 1 is 0.246 bits per heavy atom. The number of hydrogen-bond donors (Lipinski definition) is 0. The van der Waals surface area contributed by atoms with E-state index in [0.717, 1.165) is 50.2 Å². The average molecular weight is 873 g/mol. The van der Waals surface area contributed by atoms with E-state index in [2.05, 4.69) is 247 Å². The third-order valence-electron chi connectivity index (χ3n) is 14.6. The summed E-state index contributed by atoms with van der Waals surface area (Å²) in [6.45, 7) is 0. The van der Waals surface area contributed by atoms with Crippen molar-refractivity contribution in [2.75, 3.05) is 0 Å². The zero-order chi connectivity index (χ0) is 45.6. The number of benzene rings is 11. The van der Waals surface area contributed by atoms with E-state index in [4.69, 9.17) is 0 Å². The van der Waals surface area contributed by atoms with Gasteiger partial charge in [0.15, 0.2) is 0 Å². The van der Waals surface area contributed by atoms with Gasteiger partial charge in [0.05, 0.1) is 22.7 Å². The molecule has 318 valence electrons. The Balaban J connectivity index is 0.927. The number of para-hydroxylation sites is 2. The van der Waals surface area contributed by atoms with Crippen LogP contribution >= 0.6 is 0 Å². The second-order valence-electron chi connectivity index (χ2n) is 18.3. The van der Waals surface area contributed by atoms with Gasteiger partial charge < -0.3 is 4.57 Å². The van der Waals surface area contributed by atoms with Gasteiger partial charge in [0.25, 0.3) is 0 Å². The summed E-state index contributed by atoms with van der Waals surface area (Å²) in [5.74, 6) is 0. The van der Waals surface area contributed by atoms with Crippen molar-refractivity contribution in [2.45, 2.75) is 0 Å². The second-order valence-corrected chi connectivity index (χ2v) is 18.3. The lowest BCUT2D eigenvalue weighted by Crippen LogP contribution is -2.00. The van der Waals surface area contributed by atoms with E-state index in [-0.39, 0.29) is 0 Å². The van der Waals surface area contributed by atoms with Crippen molar-refractivity contribution in [1.82, 2.24) is 4.57 Å². The van der Waals surface area contributed by atoms with Gasteiger partial charge in [-0.2, -0.15) is 5.26 Å². The molecule has 0 fully saturated rings. The third-order valence-corrected chi connectivity index (χ3v) is 14.6. The molecule has 0 atom stereocenters. The normalized spacial score (nSPS) is 11.8. The second kappa shape index (κ2) is 15.4. The van der Waals surface area contributed by atoms with Crippen molar-refractivity contribution in [2.24, 2.45) is 0 Å². The molecule has 14 rings (SSSR count). The molecule has 2 heteroatoms. The molecule has 1 heterocycles. The minimum atomic E-state index is 0.652. The summed E-state index contributed by atoms with van der Waals surface area (Å²) in [6, 6.07) is 91.1. The van der Waals surface area contributed by atoms with E-state index in [0.29, 0.717) is 5.56 Å². The van der Waals surface area contributed by atoms with Crippen LogP contribution < -0.4 is 0 Å². The molecule has 2 aliphatic carbocycles. The van der Waals surface area contributed by atoms with Gasteiger partial charge in [0.2, 0.25) is 0 Å². The molecule has 11 aromatic carbocycles. The molecule has 0 bridgehead atoms. The lowest BCUT2D eigenvalue weighted by molar-refractivity contribution is 1.18. The van der Waals surface area contributed by atoms with Gasteiger partial charge in [0, 0.05) is 16.5 Å². The molecule has 0 N–H and O–H groups in total. The maximum absolute atomic E-state index is 10.1. The number of aromatic nitrogens is 1. The average Bonchev–Trinajstić information content (AvgIpc) is 3.76. The van der Waals surface area contributed by atoms with Crippen LogP contribution in [0.5, 0.6) is 0 Å². The molecule has 0 radical (unpaired) electrons. The zero-order valence-corrected chi connectivity index (χ0v) is 37.5. The van der Waals surface area contributed by atoms with Crippen LogP contribution in [0, 0.1) is 11.3 Å². The molecule has 2 aliphatic rings. The molecular weight excluding hydrogens is 833 g/mol. The summed E-state index contributed by atoms with van der Waals surface area (Å²) in [4.78, 5) is 0. The van der Waals surface area contributed by atoms with Crippen LogP contribution in [-0.2, 0) is 0 Å².